The van der Waals surface area contributed by atoms with Gasteiger partial charge in [-0.2, -0.15) is 0 Å². The molecule has 1 atom stereocenters. The number of anilines is 1. The second kappa shape index (κ2) is 10.2. The Morgan fingerprint density at radius 3 is 2.61 bits per heavy atom. The number of hydrogen-bond donors (Lipinski definition) is 2. The van der Waals surface area contributed by atoms with Gasteiger partial charge in [0.2, 0.25) is 0 Å². The number of amides is 2. The number of nitrogens with one attached hydrogen (secondary N) is 1. The van der Waals surface area contributed by atoms with Gasteiger partial charge in [-0.3, -0.25) is 9.69 Å². The van der Waals surface area contributed by atoms with Crippen LogP contribution >= 0.6 is 11.3 Å². The number of ether oxygens (including phenoxy) is 1. The normalized spacial score (nSPS) is 15.8. The zero-order valence-electron chi connectivity index (χ0n) is 21.0. The number of carbonyl (C=O) groups excluding carboxylic acids is 2. The summed E-state index contributed by atoms with van der Waals surface area (Å²) in [7, 11) is 0. The lowest BCUT2D eigenvalue weighted by Gasteiger charge is -2.35. The van der Waals surface area contributed by atoms with Crippen molar-refractivity contribution in [2.45, 2.75) is 13.0 Å². The number of fused-ring (bicyclic) bond motifs is 4. The molecule has 2 N–H and O–H groups in total. The minimum Gasteiger partial charge on any atom is -0.491 e. The summed E-state index contributed by atoms with van der Waals surface area (Å²) >= 11 is 1.65. The first-order chi connectivity index (χ1) is 18.4. The molecule has 1 aromatic heterocycles. The number of carbonyl (C=O) groups is 2. The van der Waals surface area contributed by atoms with Crippen LogP contribution in [-0.4, -0.2) is 77.1 Å². The quantitative estimate of drug-likeness (QED) is 0.339. The monoisotopic (exact) mass is 528 g/mol. The Balaban J connectivity index is 0.986. The Morgan fingerprint density at radius 2 is 1.79 bits per heavy atom. The molecule has 0 spiro atoms. The molecule has 2 aliphatic rings. The van der Waals surface area contributed by atoms with E-state index in [9.17, 15) is 14.7 Å². The Hall–Kier alpha value is -3.79. The van der Waals surface area contributed by atoms with E-state index < -0.39 is 6.10 Å². The summed E-state index contributed by atoms with van der Waals surface area (Å²) in [5, 5.41) is 14.5. The maximum Gasteiger partial charge on any atom is 0.321 e. The second-order valence-corrected chi connectivity index (χ2v) is 10.9. The number of hydrogen-bond acceptors (Lipinski definition) is 7. The molecule has 2 heterocycles. The number of aliphatic hydroxyl groups is 1. The van der Waals surface area contributed by atoms with Crippen molar-refractivity contribution in [3.8, 4) is 16.9 Å². The molecule has 8 nitrogen and oxygen atoms in total. The zero-order chi connectivity index (χ0) is 26.2. The summed E-state index contributed by atoms with van der Waals surface area (Å²) in [6, 6.07) is 18.6. The fourth-order valence-corrected chi connectivity index (χ4v) is 5.90. The highest BCUT2D eigenvalue weighted by molar-refractivity contribution is 7.18. The van der Waals surface area contributed by atoms with Gasteiger partial charge in [-0.1, -0.05) is 24.3 Å². The predicted octanol–water partition coefficient (Wildman–Crippen LogP) is 4.41. The second-order valence-electron chi connectivity index (χ2n) is 9.68. The van der Waals surface area contributed by atoms with Crippen LogP contribution in [0, 0.1) is 6.92 Å². The molecule has 1 fully saturated rings. The van der Waals surface area contributed by atoms with E-state index in [1.165, 1.54) is 0 Å². The minimum absolute atomic E-state index is 0.0211. The number of thiazole rings is 1. The minimum atomic E-state index is -0.639. The van der Waals surface area contributed by atoms with Crippen molar-refractivity contribution in [1.29, 1.82) is 0 Å². The van der Waals surface area contributed by atoms with Gasteiger partial charge in [0.05, 0.1) is 15.2 Å². The van der Waals surface area contributed by atoms with Gasteiger partial charge < -0.3 is 20.1 Å². The van der Waals surface area contributed by atoms with Gasteiger partial charge in [0.15, 0.2) is 5.78 Å². The van der Waals surface area contributed by atoms with Crippen LogP contribution in [0.1, 0.15) is 20.9 Å². The first-order valence-electron chi connectivity index (χ1n) is 12.7. The first-order valence-corrected chi connectivity index (χ1v) is 13.5. The van der Waals surface area contributed by atoms with Crippen molar-refractivity contribution in [3.63, 3.8) is 0 Å². The first kappa shape index (κ1) is 24.5. The third kappa shape index (κ3) is 4.88. The van der Waals surface area contributed by atoms with Crippen molar-refractivity contribution in [3.05, 3.63) is 76.8 Å². The predicted molar refractivity (Wildman–Crippen MR) is 148 cm³/mol. The van der Waals surface area contributed by atoms with Gasteiger partial charge in [-0.15, -0.1) is 11.3 Å². The number of β-amino-alcohol motifs (C(OH)–C–C–N with tert-alkyl or cyclic N) is 1. The maximum atomic E-state index is 12.9. The maximum absolute atomic E-state index is 12.9. The van der Waals surface area contributed by atoms with E-state index in [4.69, 9.17) is 4.74 Å². The molecule has 0 radical (unpaired) electrons. The molecule has 4 aromatic rings. The molecule has 0 unspecified atom stereocenters. The fraction of sp³-hybridized carbons (Fsp3) is 0.276. The molecule has 1 saturated heterocycles. The Bertz CT molecular complexity index is 1530. The van der Waals surface area contributed by atoms with E-state index in [1.54, 1.807) is 28.4 Å². The zero-order valence-corrected chi connectivity index (χ0v) is 21.8. The lowest BCUT2D eigenvalue weighted by atomic mass is 10.1. The third-order valence-corrected chi connectivity index (χ3v) is 7.97. The number of nitrogens with zero attached hydrogens (tertiary/aromatic N) is 3. The summed E-state index contributed by atoms with van der Waals surface area (Å²) in [6.45, 7) is 5.11. The fourth-order valence-electron chi connectivity index (χ4n) is 5.10. The number of rotatable bonds is 6. The van der Waals surface area contributed by atoms with Crippen LogP contribution in [0.2, 0.25) is 0 Å². The van der Waals surface area contributed by atoms with E-state index in [0.29, 0.717) is 55.3 Å². The number of urea groups is 1. The van der Waals surface area contributed by atoms with Crippen LogP contribution in [-0.2, 0) is 0 Å². The molecule has 1 aliphatic heterocycles. The number of aliphatic hydroxyl groups excluding tert-OH is 1. The topological polar surface area (TPSA) is 95.0 Å². The van der Waals surface area contributed by atoms with Crippen molar-refractivity contribution in [2.75, 3.05) is 44.6 Å². The summed E-state index contributed by atoms with van der Waals surface area (Å²) in [5.74, 6) is 0.718. The number of aromatic nitrogens is 1. The molecular formula is C29H28N4O4S. The Labute approximate surface area is 224 Å². The number of piperazine rings is 1. The standard InChI is InChI=1S/C29H28N4O4S/c1-18-30-26-15-21(7-9-27(26)38-18)37-17-20(34)16-32-10-12-33(13-11-32)29(36)31-19-6-8-24-25(14-19)22-4-2-3-5-23(22)28(24)35/h2-9,14-15,20,34H,10-13,16-17H2,1H3,(H,31,36)/t20-/m1/s1. The molecule has 0 bridgehead atoms. The highest BCUT2D eigenvalue weighted by atomic mass is 32.1. The van der Waals surface area contributed by atoms with Crippen LogP contribution in [0.15, 0.2) is 60.7 Å². The third-order valence-electron chi connectivity index (χ3n) is 7.01. The number of benzene rings is 3. The molecule has 38 heavy (non-hydrogen) atoms. The highest BCUT2D eigenvalue weighted by Crippen LogP contribution is 2.37. The highest BCUT2D eigenvalue weighted by Gasteiger charge is 2.27. The SMILES string of the molecule is Cc1nc2cc(OC[C@H](O)CN3CCN(C(=O)Nc4ccc5c(c4)-c4ccccc4C5=O)CC3)ccc2s1. The van der Waals surface area contributed by atoms with Crippen LogP contribution < -0.4 is 10.1 Å². The van der Waals surface area contributed by atoms with Crippen molar-refractivity contribution < 1.29 is 19.4 Å². The largest absolute Gasteiger partial charge is 0.491 e. The van der Waals surface area contributed by atoms with Gasteiger partial charge >= 0.3 is 6.03 Å². The molecule has 9 heteroatoms. The van der Waals surface area contributed by atoms with Gasteiger partial charge in [0, 0.05) is 55.6 Å². The van der Waals surface area contributed by atoms with Gasteiger partial charge in [-0.05, 0) is 48.4 Å². The number of aryl methyl sites for hydroxylation is 1. The van der Waals surface area contributed by atoms with Gasteiger partial charge in [-0.25, -0.2) is 9.78 Å². The average molecular weight is 529 g/mol. The molecule has 194 valence electrons. The van der Waals surface area contributed by atoms with Gasteiger partial charge in [0.25, 0.3) is 0 Å². The summed E-state index contributed by atoms with van der Waals surface area (Å²) < 4.78 is 6.92. The van der Waals surface area contributed by atoms with E-state index >= 15 is 0 Å². The molecule has 0 saturated carbocycles. The van der Waals surface area contributed by atoms with Crippen LogP contribution in [0.4, 0.5) is 10.5 Å². The smallest absolute Gasteiger partial charge is 0.321 e. The number of ketones is 1. The van der Waals surface area contributed by atoms with Crippen LogP contribution in [0.3, 0.4) is 0 Å². The Morgan fingerprint density at radius 1 is 1.03 bits per heavy atom. The van der Waals surface area contributed by atoms with Crippen LogP contribution in [0.25, 0.3) is 21.3 Å². The Kier molecular flexibility index (Phi) is 6.57. The van der Waals surface area contributed by atoms with E-state index in [-0.39, 0.29) is 18.4 Å². The summed E-state index contributed by atoms with van der Waals surface area (Å²) in [4.78, 5) is 33.9. The van der Waals surface area contributed by atoms with Crippen molar-refractivity contribution in [2.24, 2.45) is 0 Å². The summed E-state index contributed by atoms with van der Waals surface area (Å²) in [5.41, 5.74) is 4.69. The molecular weight excluding hydrogens is 500 g/mol. The van der Waals surface area contributed by atoms with Gasteiger partial charge in [0.1, 0.15) is 18.5 Å². The molecule has 3 aromatic carbocycles. The summed E-state index contributed by atoms with van der Waals surface area (Å²) in [6.07, 6.45) is -0.639. The van der Waals surface area contributed by atoms with E-state index in [2.05, 4.69) is 15.2 Å². The van der Waals surface area contributed by atoms with Crippen molar-refractivity contribution in [1.82, 2.24) is 14.8 Å². The average Bonchev–Trinajstić information content (AvgIpc) is 3.44. The molecule has 2 amide bonds. The molecule has 6 rings (SSSR count). The lowest BCUT2D eigenvalue weighted by Crippen LogP contribution is -2.52. The van der Waals surface area contributed by atoms with Crippen molar-refractivity contribution >= 4 is 39.1 Å². The van der Waals surface area contributed by atoms with E-state index in [0.717, 1.165) is 26.4 Å². The van der Waals surface area contributed by atoms with E-state index in [1.807, 2.05) is 55.5 Å². The lowest BCUT2D eigenvalue weighted by molar-refractivity contribution is 0.0526. The van der Waals surface area contributed by atoms with Crippen LogP contribution in [0.5, 0.6) is 5.75 Å². The molecule has 1 aliphatic carbocycles.